The molecule has 0 radical (unpaired) electrons. The quantitative estimate of drug-likeness (QED) is 0.156. The van der Waals surface area contributed by atoms with Crippen molar-refractivity contribution in [3.05, 3.63) is 265 Å². The molecule has 286 valence electrons. The maximum absolute atomic E-state index is 2.41. The Hall–Kier alpha value is -7.94. The van der Waals surface area contributed by atoms with Crippen LogP contribution in [0.15, 0.2) is 243 Å². The molecule has 1 aromatic heterocycles. The van der Waals surface area contributed by atoms with E-state index in [2.05, 4.69) is 252 Å². The minimum atomic E-state index is -0.411. The van der Waals surface area contributed by atoms with Crippen LogP contribution in [0.4, 0.5) is 17.1 Å². The molecular weight excluding hydrogens is 737 g/mol. The highest BCUT2D eigenvalue weighted by Gasteiger charge is 2.45. The molecule has 2 nitrogen and oxygen atoms in total. The molecule has 1 aliphatic carbocycles. The number of aromatic nitrogens is 1. The van der Waals surface area contributed by atoms with Crippen molar-refractivity contribution in [3.8, 4) is 27.9 Å². The molecule has 10 aromatic carbocycles. The zero-order chi connectivity index (χ0) is 40.3. The van der Waals surface area contributed by atoms with E-state index in [9.17, 15) is 0 Å². The first kappa shape index (κ1) is 35.0. The second-order valence-electron chi connectivity index (χ2n) is 16.1. The summed E-state index contributed by atoms with van der Waals surface area (Å²) in [6.45, 7) is 0. The zero-order valence-corrected chi connectivity index (χ0v) is 33.5. The average molecular weight is 777 g/mol. The van der Waals surface area contributed by atoms with E-state index in [1.807, 2.05) is 0 Å². The standard InChI is InChI=1S/C59H40N2/c1-4-18-45(19-5-1)59(46-20-6-2-7-21-46)55-26-14-12-24-51(55)53-39-44(31-36-56(53)59)42-28-32-48(33-29-42)60(49-34-30-41-16-10-11-17-43(41)38-49)50-35-37-58-54(40-50)52-25-13-15-27-57(52)61(58)47-22-8-3-9-23-47/h1-40H. The van der Waals surface area contributed by atoms with Crippen molar-refractivity contribution in [1.82, 2.24) is 4.57 Å². The molecule has 0 aliphatic heterocycles. The molecule has 0 amide bonds. The molecule has 0 fully saturated rings. The second kappa shape index (κ2) is 14.1. The number of hydrogen-bond donors (Lipinski definition) is 0. The number of benzene rings is 10. The van der Waals surface area contributed by atoms with Crippen molar-refractivity contribution in [2.24, 2.45) is 0 Å². The highest BCUT2D eigenvalue weighted by Crippen LogP contribution is 2.56. The minimum Gasteiger partial charge on any atom is -0.310 e. The third-order valence-electron chi connectivity index (χ3n) is 12.8. The van der Waals surface area contributed by atoms with E-state index in [0.717, 1.165) is 22.7 Å². The Morgan fingerprint density at radius 2 is 0.885 bits per heavy atom. The molecule has 0 saturated heterocycles. The number of nitrogens with zero attached hydrogens (tertiary/aromatic N) is 2. The van der Waals surface area contributed by atoms with Crippen LogP contribution >= 0.6 is 0 Å². The molecule has 12 rings (SSSR count). The molecule has 0 spiro atoms. The molecule has 0 atom stereocenters. The zero-order valence-electron chi connectivity index (χ0n) is 33.5. The lowest BCUT2D eigenvalue weighted by molar-refractivity contribution is 0.768. The van der Waals surface area contributed by atoms with Crippen LogP contribution in [0.1, 0.15) is 22.3 Å². The average Bonchev–Trinajstić information content (AvgIpc) is 3.83. The van der Waals surface area contributed by atoms with Crippen LogP contribution in [0.3, 0.4) is 0 Å². The Balaban J connectivity index is 0.996. The normalized spacial score (nSPS) is 12.7. The highest BCUT2D eigenvalue weighted by atomic mass is 15.1. The van der Waals surface area contributed by atoms with Crippen molar-refractivity contribution in [2.45, 2.75) is 5.41 Å². The monoisotopic (exact) mass is 776 g/mol. The van der Waals surface area contributed by atoms with Gasteiger partial charge < -0.3 is 9.47 Å². The van der Waals surface area contributed by atoms with Gasteiger partial charge >= 0.3 is 0 Å². The molecule has 61 heavy (non-hydrogen) atoms. The highest BCUT2D eigenvalue weighted by molar-refractivity contribution is 6.11. The first-order valence-corrected chi connectivity index (χ1v) is 21.1. The minimum absolute atomic E-state index is 0.411. The number of rotatable bonds is 7. The fraction of sp³-hybridized carbons (Fsp3) is 0.0169. The van der Waals surface area contributed by atoms with Gasteiger partial charge in [0.25, 0.3) is 0 Å². The molecule has 0 unspecified atom stereocenters. The van der Waals surface area contributed by atoms with Crippen LogP contribution in [0.5, 0.6) is 0 Å². The van der Waals surface area contributed by atoms with Gasteiger partial charge in [-0.2, -0.15) is 0 Å². The maximum Gasteiger partial charge on any atom is 0.0713 e. The van der Waals surface area contributed by atoms with E-state index in [1.165, 1.54) is 77.1 Å². The SMILES string of the molecule is c1ccc(-n2c3ccccc3c3cc(N(c4ccc(-c5ccc6c(c5)-c5ccccc5C6(c5ccccc5)c5ccccc5)cc4)c4ccc5ccccc5c4)ccc32)cc1. The van der Waals surface area contributed by atoms with Gasteiger partial charge in [0.1, 0.15) is 0 Å². The molecule has 0 bridgehead atoms. The summed E-state index contributed by atoms with van der Waals surface area (Å²) in [4.78, 5) is 2.40. The maximum atomic E-state index is 2.41. The molecule has 2 heteroatoms. The number of anilines is 3. The number of para-hydroxylation sites is 2. The summed E-state index contributed by atoms with van der Waals surface area (Å²) in [5, 5.41) is 4.90. The molecular formula is C59H40N2. The van der Waals surface area contributed by atoms with Gasteiger partial charge in [-0.3, -0.25) is 0 Å². The van der Waals surface area contributed by atoms with Crippen molar-refractivity contribution < 1.29 is 0 Å². The van der Waals surface area contributed by atoms with Crippen molar-refractivity contribution >= 4 is 49.6 Å². The van der Waals surface area contributed by atoms with Crippen LogP contribution in [0.25, 0.3) is 60.5 Å². The Labute approximate surface area is 355 Å². The van der Waals surface area contributed by atoms with Crippen molar-refractivity contribution in [3.63, 3.8) is 0 Å². The third kappa shape index (κ3) is 5.50. The fourth-order valence-corrected chi connectivity index (χ4v) is 10.1. The van der Waals surface area contributed by atoms with Gasteiger partial charge in [0.15, 0.2) is 0 Å². The summed E-state index contributed by atoms with van der Waals surface area (Å²) in [6.07, 6.45) is 0. The summed E-state index contributed by atoms with van der Waals surface area (Å²) in [5.74, 6) is 0. The smallest absolute Gasteiger partial charge is 0.0713 e. The van der Waals surface area contributed by atoms with E-state index in [0.29, 0.717) is 0 Å². The van der Waals surface area contributed by atoms with Crippen LogP contribution in [-0.4, -0.2) is 4.57 Å². The lowest BCUT2D eigenvalue weighted by Crippen LogP contribution is -2.28. The van der Waals surface area contributed by atoms with Crippen molar-refractivity contribution in [2.75, 3.05) is 4.90 Å². The van der Waals surface area contributed by atoms with Crippen LogP contribution in [-0.2, 0) is 5.41 Å². The first-order valence-electron chi connectivity index (χ1n) is 21.1. The predicted molar refractivity (Wildman–Crippen MR) is 256 cm³/mol. The molecule has 0 N–H and O–H groups in total. The molecule has 0 saturated carbocycles. The lowest BCUT2D eigenvalue weighted by Gasteiger charge is -2.33. The summed E-state index contributed by atoms with van der Waals surface area (Å²) in [5.41, 5.74) is 16.6. The lowest BCUT2D eigenvalue weighted by atomic mass is 9.67. The van der Waals surface area contributed by atoms with E-state index in [4.69, 9.17) is 0 Å². The van der Waals surface area contributed by atoms with E-state index in [-0.39, 0.29) is 0 Å². The van der Waals surface area contributed by atoms with E-state index < -0.39 is 5.41 Å². The Bertz CT molecular complexity index is 3360. The third-order valence-corrected chi connectivity index (χ3v) is 12.8. The summed E-state index contributed by atoms with van der Waals surface area (Å²) in [6, 6.07) is 89.0. The van der Waals surface area contributed by atoms with Gasteiger partial charge in [-0.25, -0.2) is 0 Å². The van der Waals surface area contributed by atoms with E-state index >= 15 is 0 Å². The summed E-state index contributed by atoms with van der Waals surface area (Å²) >= 11 is 0. The molecule has 11 aromatic rings. The number of fused-ring (bicyclic) bond motifs is 7. The van der Waals surface area contributed by atoms with Crippen LogP contribution < -0.4 is 4.90 Å². The molecule has 1 heterocycles. The largest absolute Gasteiger partial charge is 0.310 e. The Morgan fingerprint density at radius 1 is 0.328 bits per heavy atom. The summed E-state index contributed by atoms with van der Waals surface area (Å²) in [7, 11) is 0. The summed E-state index contributed by atoms with van der Waals surface area (Å²) < 4.78 is 2.38. The Kier molecular flexibility index (Phi) is 8.11. The fourth-order valence-electron chi connectivity index (χ4n) is 10.1. The second-order valence-corrected chi connectivity index (χ2v) is 16.1. The van der Waals surface area contributed by atoms with E-state index in [1.54, 1.807) is 0 Å². The Morgan fingerprint density at radius 3 is 1.66 bits per heavy atom. The van der Waals surface area contributed by atoms with Crippen molar-refractivity contribution in [1.29, 1.82) is 0 Å². The van der Waals surface area contributed by atoms with Gasteiger partial charge in [0, 0.05) is 33.5 Å². The van der Waals surface area contributed by atoms with Crippen LogP contribution in [0, 0.1) is 0 Å². The van der Waals surface area contributed by atoms with Crippen LogP contribution in [0.2, 0.25) is 0 Å². The predicted octanol–water partition coefficient (Wildman–Crippen LogP) is 15.4. The van der Waals surface area contributed by atoms with Gasteiger partial charge in [-0.05, 0) is 122 Å². The number of hydrogen-bond acceptors (Lipinski definition) is 1. The van der Waals surface area contributed by atoms with Gasteiger partial charge in [-0.15, -0.1) is 0 Å². The topological polar surface area (TPSA) is 8.17 Å². The van der Waals surface area contributed by atoms with Gasteiger partial charge in [0.05, 0.1) is 16.4 Å². The molecule has 1 aliphatic rings. The van der Waals surface area contributed by atoms with Gasteiger partial charge in [0.2, 0.25) is 0 Å². The first-order chi connectivity index (χ1) is 30.3. The van der Waals surface area contributed by atoms with Gasteiger partial charge in [-0.1, -0.05) is 176 Å².